The molecule has 0 amide bonds. The van der Waals surface area contributed by atoms with Crippen LogP contribution in [0.15, 0.2) is 0 Å². The van der Waals surface area contributed by atoms with Gasteiger partial charge in [0.1, 0.15) is 0 Å². The van der Waals surface area contributed by atoms with E-state index >= 15 is 0 Å². The molecule has 0 aromatic carbocycles. The van der Waals surface area contributed by atoms with Crippen LogP contribution in [0.25, 0.3) is 0 Å². The molecule has 0 aliphatic rings. The van der Waals surface area contributed by atoms with E-state index in [4.69, 9.17) is 0 Å². The van der Waals surface area contributed by atoms with Crippen LogP contribution in [0.4, 0.5) is 0 Å². The standard InChI is InChI=1S/BrH.ClH.Cu.H3N/h2*1H;;1H3. The van der Waals surface area contributed by atoms with E-state index in [2.05, 4.69) is 0 Å². The van der Waals surface area contributed by atoms with Gasteiger partial charge in [-0.25, -0.2) is 0 Å². The van der Waals surface area contributed by atoms with Crippen LogP contribution in [0.5, 0.6) is 0 Å². The Bertz CT molecular complexity index is 8.00. The van der Waals surface area contributed by atoms with Gasteiger partial charge in [0.2, 0.25) is 0 Å². The molecule has 1 radical (unpaired) electrons. The van der Waals surface area contributed by atoms with Gasteiger partial charge in [-0.15, -0.1) is 29.4 Å². The third-order valence-electron chi connectivity index (χ3n) is 0. The van der Waals surface area contributed by atoms with Crippen LogP contribution < -0.4 is 6.15 Å². The van der Waals surface area contributed by atoms with E-state index in [-0.39, 0.29) is 52.6 Å². The summed E-state index contributed by atoms with van der Waals surface area (Å²) >= 11 is 0. The van der Waals surface area contributed by atoms with Crippen LogP contribution >= 0.6 is 29.4 Å². The van der Waals surface area contributed by atoms with Crippen molar-refractivity contribution in [3.8, 4) is 0 Å². The molecule has 0 rings (SSSR count). The first-order chi connectivity index (χ1) is 0. The average molecular weight is 198 g/mol. The van der Waals surface area contributed by atoms with Crippen LogP contribution in [-0.4, -0.2) is 0 Å². The van der Waals surface area contributed by atoms with Gasteiger partial charge in [-0.3, -0.25) is 0 Å². The Hall–Kier alpha value is 1.25. The maximum atomic E-state index is 0. The normalized spacial score (nSPS) is 0. The molecule has 0 saturated carbocycles. The van der Waals surface area contributed by atoms with E-state index in [9.17, 15) is 0 Å². The molecule has 1 nitrogen and oxygen atoms in total. The van der Waals surface area contributed by atoms with Crippen LogP contribution in [-0.2, 0) is 17.1 Å². The molecule has 0 aromatic rings. The van der Waals surface area contributed by atoms with Gasteiger partial charge < -0.3 is 6.15 Å². The summed E-state index contributed by atoms with van der Waals surface area (Å²) < 4.78 is 0. The van der Waals surface area contributed by atoms with Crippen molar-refractivity contribution >= 4 is 29.4 Å². The zero-order chi connectivity index (χ0) is 0. The van der Waals surface area contributed by atoms with E-state index in [0.29, 0.717) is 0 Å². The minimum atomic E-state index is 0. The van der Waals surface area contributed by atoms with Gasteiger partial charge in [0.15, 0.2) is 0 Å². The molecule has 0 aliphatic carbocycles. The molecular weight excluding hydrogens is 193 g/mol. The summed E-state index contributed by atoms with van der Waals surface area (Å²) in [4.78, 5) is 0. The van der Waals surface area contributed by atoms with Crippen molar-refractivity contribution in [1.29, 1.82) is 0 Å². The molecule has 0 heterocycles. The minimum Gasteiger partial charge on any atom is -0.344 e. The number of hydrogen-bond acceptors (Lipinski definition) is 1. The quantitative estimate of drug-likeness (QED) is 0.582. The largest absolute Gasteiger partial charge is 0.344 e. The molecule has 0 fully saturated rings. The van der Waals surface area contributed by atoms with Crippen LogP contribution in [0.3, 0.4) is 0 Å². The molecule has 0 aliphatic heterocycles. The molecule has 0 saturated heterocycles. The fraction of sp³-hybridized carbons (Fsp3) is 0. The monoisotopic (exact) mass is 196 g/mol. The molecule has 0 bridgehead atoms. The smallest absolute Gasteiger partial charge is 0 e. The van der Waals surface area contributed by atoms with Gasteiger partial charge in [0.05, 0.1) is 0 Å². The summed E-state index contributed by atoms with van der Waals surface area (Å²) in [5, 5.41) is 0. The number of hydrogen-bond donors (Lipinski definition) is 1. The Morgan fingerprint density at radius 3 is 1.00 bits per heavy atom. The van der Waals surface area contributed by atoms with E-state index < -0.39 is 0 Å². The molecule has 0 unspecified atom stereocenters. The van der Waals surface area contributed by atoms with Crippen molar-refractivity contribution in [3.63, 3.8) is 0 Å². The summed E-state index contributed by atoms with van der Waals surface area (Å²) in [6.07, 6.45) is 0. The second-order valence-electron chi connectivity index (χ2n) is 0. The van der Waals surface area contributed by atoms with Gasteiger partial charge >= 0.3 is 0 Å². The number of halogens is 2. The van der Waals surface area contributed by atoms with Crippen molar-refractivity contribution in [2.24, 2.45) is 0 Å². The second kappa shape index (κ2) is 28.7. The van der Waals surface area contributed by atoms with Crippen LogP contribution in [0.1, 0.15) is 0 Å². The summed E-state index contributed by atoms with van der Waals surface area (Å²) in [5.74, 6) is 0. The van der Waals surface area contributed by atoms with E-state index in [1.54, 1.807) is 0 Å². The predicted octanol–water partition coefficient (Wildman–Crippen LogP) is 1.16. The third-order valence-corrected chi connectivity index (χ3v) is 0. The van der Waals surface area contributed by atoms with Crippen LogP contribution in [0, 0.1) is 0 Å². The SMILES string of the molecule is Br.Cl.N.[Cu]. The van der Waals surface area contributed by atoms with E-state index in [1.165, 1.54) is 0 Å². The van der Waals surface area contributed by atoms with Crippen LogP contribution in [0.2, 0.25) is 0 Å². The molecule has 35 valence electrons. The van der Waals surface area contributed by atoms with Gasteiger partial charge in [0.25, 0.3) is 0 Å². The zero-order valence-electron chi connectivity index (χ0n) is 1.83. The predicted molar refractivity (Wildman–Crippen MR) is 22.6 cm³/mol. The summed E-state index contributed by atoms with van der Waals surface area (Å²) in [6.45, 7) is 0. The minimum absolute atomic E-state index is 0. The van der Waals surface area contributed by atoms with Crippen molar-refractivity contribution in [2.75, 3.05) is 0 Å². The van der Waals surface area contributed by atoms with Gasteiger partial charge in [-0.1, -0.05) is 0 Å². The molecule has 4 heavy (non-hydrogen) atoms. The summed E-state index contributed by atoms with van der Waals surface area (Å²) in [5.41, 5.74) is 0. The summed E-state index contributed by atoms with van der Waals surface area (Å²) in [6, 6.07) is 0. The maximum absolute atomic E-state index is 0. The second-order valence-corrected chi connectivity index (χ2v) is 0. The maximum Gasteiger partial charge on any atom is 0 e. The molecule has 0 atom stereocenters. The van der Waals surface area contributed by atoms with Gasteiger partial charge in [-0.2, -0.15) is 0 Å². The van der Waals surface area contributed by atoms with Crippen molar-refractivity contribution in [1.82, 2.24) is 6.15 Å². The third kappa shape index (κ3) is 10.5. The number of rotatable bonds is 0. The molecule has 0 aromatic heterocycles. The zero-order valence-corrected chi connectivity index (χ0v) is 5.30. The first kappa shape index (κ1) is 60.7. The Balaban J connectivity index is 0. The fourth-order valence-corrected chi connectivity index (χ4v) is 0. The Morgan fingerprint density at radius 1 is 1.00 bits per heavy atom. The topological polar surface area (TPSA) is 35.0 Å². The molecular formula is H5BrClCuN. The van der Waals surface area contributed by atoms with Crippen molar-refractivity contribution in [3.05, 3.63) is 0 Å². The Morgan fingerprint density at radius 2 is 1.00 bits per heavy atom. The average Bonchev–Trinajstić information content (AvgIpc) is 0. The Kier molecular flexibility index (Phi) is 436. The van der Waals surface area contributed by atoms with E-state index in [1.807, 2.05) is 0 Å². The first-order valence-corrected chi connectivity index (χ1v) is 0. The van der Waals surface area contributed by atoms with Crippen molar-refractivity contribution < 1.29 is 17.1 Å². The molecule has 3 N–H and O–H groups in total. The first-order valence-electron chi connectivity index (χ1n) is 0. The van der Waals surface area contributed by atoms with Gasteiger partial charge in [-0.05, 0) is 0 Å². The molecule has 4 heteroatoms. The van der Waals surface area contributed by atoms with Gasteiger partial charge in [0, 0.05) is 17.1 Å². The summed E-state index contributed by atoms with van der Waals surface area (Å²) in [7, 11) is 0. The molecule has 0 spiro atoms. The van der Waals surface area contributed by atoms with E-state index in [0.717, 1.165) is 0 Å². The fourth-order valence-electron chi connectivity index (χ4n) is 0. The Labute approximate surface area is 52.8 Å². The van der Waals surface area contributed by atoms with Crippen molar-refractivity contribution in [2.45, 2.75) is 0 Å².